The van der Waals surface area contributed by atoms with Crippen LogP contribution < -0.4 is 10.6 Å². The zero-order valence-electron chi connectivity index (χ0n) is 9.78. The number of nitrogens with one attached hydrogen (secondary N) is 2. The summed E-state index contributed by atoms with van der Waals surface area (Å²) in [7, 11) is 0. The first kappa shape index (κ1) is 13.3. The molecule has 0 unspecified atom stereocenters. The Morgan fingerprint density at radius 2 is 2.16 bits per heavy atom. The minimum atomic E-state index is -1.42. The Morgan fingerprint density at radius 3 is 2.68 bits per heavy atom. The van der Waals surface area contributed by atoms with Crippen molar-refractivity contribution in [2.75, 3.05) is 18.4 Å². The van der Waals surface area contributed by atoms with Crippen LogP contribution in [0.4, 0.5) is 20.2 Å². The summed E-state index contributed by atoms with van der Waals surface area (Å²) in [6, 6.07) is 1.47. The van der Waals surface area contributed by atoms with Gasteiger partial charge in [0.2, 0.25) is 5.91 Å². The number of anilines is 1. The Kier molecular flexibility index (Phi) is 3.70. The van der Waals surface area contributed by atoms with Crippen molar-refractivity contribution < 1.29 is 18.5 Å². The minimum absolute atomic E-state index is 0.111. The van der Waals surface area contributed by atoms with Crippen LogP contribution >= 0.6 is 0 Å². The van der Waals surface area contributed by atoms with Crippen molar-refractivity contribution in [1.82, 2.24) is 5.32 Å². The molecule has 1 aliphatic rings. The van der Waals surface area contributed by atoms with E-state index in [-0.39, 0.29) is 12.3 Å². The van der Waals surface area contributed by atoms with Crippen LogP contribution in [0, 0.1) is 27.7 Å². The Bertz CT molecular complexity index is 532. The van der Waals surface area contributed by atoms with Crippen molar-refractivity contribution in [3.8, 4) is 0 Å². The van der Waals surface area contributed by atoms with E-state index in [1.807, 2.05) is 0 Å². The number of nitro benzene ring substituents is 1. The number of nitrogens with zero attached hydrogens (tertiary/aromatic N) is 1. The first-order chi connectivity index (χ1) is 8.99. The minimum Gasteiger partial charge on any atom is -0.318 e. The molecule has 1 aromatic carbocycles. The van der Waals surface area contributed by atoms with Crippen LogP contribution in [0.3, 0.4) is 0 Å². The molecular weight excluding hydrogens is 260 g/mol. The molecule has 0 aliphatic carbocycles. The number of carbonyl (C=O) groups is 1. The first-order valence-corrected chi connectivity index (χ1v) is 5.62. The van der Waals surface area contributed by atoms with Crippen LogP contribution in [0.5, 0.6) is 0 Å². The molecule has 1 amide bonds. The van der Waals surface area contributed by atoms with Crippen LogP contribution in [0.1, 0.15) is 6.42 Å². The van der Waals surface area contributed by atoms with E-state index in [2.05, 4.69) is 10.6 Å². The van der Waals surface area contributed by atoms with Crippen molar-refractivity contribution in [2.24, 2.45) is 5.92 Å². The lowest BCUT2D eigenvalue weighted by Gasteiger charge is -2.26. The maximum atomic E-state index is 13.5. The van der Waals surface area contributed by atoms with Crippen LogP contribution in [0.15, 0.2) is 12.1 Å². The number of carbonyl (C=O) groups excluding carboxylic acids is 1. The lowest BCUT2D eigenvalue weighted by molar-refractivity contribution is -0.384. The van der Waals surface area contributed by atoms with Gasteiger partial charge in [-0.05, 0) is 25.1 Å². The summed E-state index contributed by atoms with van der Waals surface area (Å²) in [4.78, 5) is 21.4. The fourth-order valence-electron chi connectivity index (χ4n) is 1.76. The van der Waals surface area contributed by atoms with E-state index in [4.69, 9.17) is 0 Å². The maximum absolute atomic E-state index is 13.5. The van der Waals surface area contributed by atoms with Gasteiger partial charge >= 0.3 is 0 Å². The normalized spacial score (nSPS) is 14.8. The summed E-state index contributed by atoms with van der Waals surface area (Å²) >= 11 is 0. The molecule has 1 aliphatic heterocycles. The second-order valence-corrected chi connectivity index (χ2v) is 4.29. The van der Waals surface area contributed by atoms with E-state index in [1.54, 1.807) is 0 Å². The van der Waals surface area contributed by atoms with Gasteiger partial charge in [0.25, 0.3) is 5.69 Å². The molecule has 1 fully saturated rings. The van der Waals surface area contributed by atoms with Crippen molar-refractivity contribution in [3.05, 3.63) is 33.9 Å². The van der Waals surface area contributed by atoms with Gasteiger partial charge in [-0.3, -0.25) is 14.9 Å². The summed E-state index contributed by atoms with van der Waals surface area (Å²) < 4.78 is 26.6. The number of hydrogen-bond acceptors (Lipinski definition) is 4. The number of benzene rings is 1. The van der Waals surface area contributed by atoms with E-state index in [1.165, 1.54) is 0 Å². The standard InChI is InChI=1S/C11H11F2N3O3/c12-7-1-2-8(16(18)19)11(10(7)13)15-9(17)3-6-4-14-5-6/h1-2,6,14H,3-5H2,(H,15,17). The molecule has 0 atom stereocenters. The Morgan fingerprint density at radius 1 is 1.47 bits per heavy atom. The van der Waals surface area contributed by atoms with Gasteiger partial charge in [0.15, 0.2) is 17.3 Å². The fraction of sp³-hybridized carbons (Fsp3) is 0.364. The molecule has 0 radical (unpaired) electrons. The van der Waals surface area contributed by atoms with E-state index < -0.39 is 33.8 Å². The van der Waals surface area contributed by atoms with Gasteiger partial charge in [-0.25, -0.2) is 8.78 Å². The molecule has 0 bridgehead atoms. The zero-order valence-corrected chi connectivity index (χ0v) is 9.78. The van der Waals surface area contributed by atoms with Crippen molar-refractivity contribution in [3.63, 3.8) is 0 Å². The molecule has 0 aromatic heterocycles. The number of amides is 1. The average Bonchev–Trinajstić information content (AvgIpc) is 2.29. The number of hydrogen-bond donors (Lipinski definition) is 2. The lowest BCUT2D eigenvalue weighted by atomic mass is 9.99. The molecular formula is C11H11F2N3O3. The molecule has 2 rings (SSSR count). The predicted octanol–water partition coefficient (Wildman–Crippen LogP) is 1.42. The number of nitro groups is 1. The summed E-state index contributed by atoms with van der Waals surface area (Å²) in [6.45, 7) is 1.34. The maximum Gasteiger partial charge on any atom is 0.296 e. The highest BCUT2D eigenvalue weighted by atomic mass is 19.2. The molecule has 1 saturated heterocycles. The first-order valence-electron chi connectivity index (χ1n) is 5.62. The van der Waals surface area contributed by atoms with Crippen molar-refractivity contribution in [2.45, 2.75) is 6.42 Å². The van der Waals surface area contributed by atoms with Gasteiger partial charge in [0.1, 0.15) is 0 Å². The van der Waals surface area contributed by atoms with Crippen LogP contribution in [0.25, 0.3) is 0 Å². The quantitative estimate of drug-likeness (QED) is 0.640. The summed E-state index contributed by atoms with van der Waals surface area (Å²) in [5.74, 6) is -3.12. The number of rotatable bonds is 4. The smallest absolute Gasteiger partial charge is 0.296 e. The molecule has 102 valence electrons. The second-order valence-electron chi connectivity index (χ2n) is 4.29. The second kappa shape index (κ2) is 5.27. The van der Waals surface area contributed by atoms with Gasteiger partial charge in [-0.1, -0.05) is 0 Å². The topological polar surface area (TPSA) is 84.3 Å². The largest absolute Gasteiger partial charge is 0.318 e. The molecule has 1 aromatic rings. The zero-order chi connectivity index (χ0) is 14.0. The molecule has 1 heterocycles. The molecule has 8 heteroatoms. The highest BCUT2D eigenvalue weighted by Crippen LogP contribution is 2.29. The van der Waals surface area contributed by atoms with Gasteiger partial charge in [-0.2, -0.15) is 0 Å². The van der Waals surface area contributed by atoms with E-state index in [0.717, 1.165) is 6.07 Å². The van der Waals surface area contributed by atoms with Crippen molar-refractivity contribution >= 4 is 17.3 Å². The third-order valence-corrected chi connectivity index (χ3v) is 2.87. The average molecular weight is 271 g/mol. The van der Waals surface area contributed by atoms with Crippen molar-refractivity contribution in [1.29, 1.82) is 0 Å². The Hall–Kier alpha value is -2.09. The Balaban J connectivity index is 2.19. The highest BCUT2D eigenvalue weighted by Gasteiger charge is 2.25. The summed E-state index contributed by atoms with van der Waals surface area (Å²) in [6.07, 6.45) is 0.111. The molecule has 19 heavy (non-hydrogen) atoms. The molecule has 0 saturated carbocycles. The van der Waals surface area contributed by atoms with Crippen LogP contribution in [0.2, 0.25) is 0 Å². The Labute approximate surface area is 106 Å². The van der Waals surface area contributed by atoms with Gasteiger partial charge < -0.3 is 10.6 Å². The molecule has 0 spiro atoms. The third-order valence-electron chi connectivity index (χ3n) is 2.87. The fourth-order valence-corrected chi connectivity index (χ4v) is 1.76. The highest BCUT2D eigenvalue weighted by molar-refractivity contribution is 5.93. The SMILES string of the molecule is O=C(CC1CNC1)Nc1c([N+](=O)[O-])ccc(F)c1F. The third kappa shape index (κ3) is 2.84. The van der Waals surface area contributed by atoms with E-state index in [0.29, 0.717) is 19.2 Å². The lowest BCUT2D eigenvalue weighted by Crippen LogP contribution is -2.43. The monoisotopic (exact) mass is 271 g/mol. The van der Waals surface area contributed by atoms with Crippen LogP contribution in [-0.4, -0.2) is 23.9 Å². The molecule has 2 N–H and O–H groups in total. The van der Waals surface area contributed by atoms with E-state index >= 15 is 0 Å². The summed E-state index contributed by atoms with van der Waals surface area (Å²) in [5.41, 5.74) is -1.39. The predicted molar refractivity (Wildman–Crippen MR) is 62.6 cm³/mol. The van der Waals surface area contributed by atoms with Gasteiger partial charge in [-0.15, -0.1) is 0 Å². The number of halogens is 2. The van der Waals surface area contributed by atoms with Crippen LogP contribution in [-0.2, 0) is 4.79 Å². The van der Waals surface area contributed by atoms with Gasteiger partial charge in [0.05, 0.1) is 4.92 Å². The molecule has 6 nitrogen and oxygen atoms in total. The van der Waals surface area contributed by atoms with Gasteiger partial charge in [0, 0.05) is 12.5 Å². The van der Waals surface area contributed by atoms with E-state index in [9.17, 15) is 23.7 Å². The summed E-state index contributed by atoms with van der Waals surface area (Å²) in [5, 5.41) is 15.7.